The molecule has 3 aromatic rings. The van der Waals surface area contributed by atoms with Crippen LogP contribution in [0.15, 0.2) is 47.5 Å². The minimum Gasteiger partial charge on any atom is -0.324 e. The summed E-state index contributed by atoms with van der Waals surface area (Å²) >= 11 is 11.9. The Morgan fingerprint density at radius 2 is 2.00 bits per heavy atom. The fraction of sp³-hybridized carbons (Fsp3) is 0.118. The first kappa shape index (κ1) is 16.5. The van der Waals surface area contributed by atoms with Crippen LogP contribution >= 0.6 is 23.2 Å². The maximum absolute atomic E-state index is 12.4. The molecule has 24 heavy (non-hydrogen) atoms. The second-order valence-corrected chi connectivity index (χ2v) is 6.19. The minimum atomic E-state index is -0.347. The molecular formula is C17H13Cl2N3O2. The van der Waals surface area contributed by atoms with Crippen LogP contribution in [-0.2, 0) is 11.3 Å². The maximum atomic E-state index is 12.4. The molecule has 1 N–H and O–H groups in total. The number of fused-ring (bicyclic) bond motifs is 1. The van der Waals surface area contributed by atoms with Gasteiger partial charge in [0.2, 0.25) is 5.91 Å². The van der Waals surface area contributed by atoms with Crippen molar-refractivity contribution in [3.8, 4) is 0 Å². The number of halogens is 2. The summed E-state index contributed by atoms with van der Waals surface area (Å²) in [6.45, 7) is 1.72. The van der Waals surface area contributed by atoms with Crippen LogP contribution in [0, 0.1) is 6.92 Å². The summed E-state index contributed by atoms with van der Waals surface area (Å²) in [5.41, 5.74) is 1.70. The van der Waals surface area contributed by atoms with Crippen molar-refractivity contribution in [2.24, 2.45) is 0 Å². The summed E-state index contributed by atoms with van der Waals surface area (Å²) in [5, 5.41) is 4.08. The predicted molar refractivity (Wildman–Crippen MR) is 95.8 cm³/mol. The zero-order valence-electron chi connectivity index (χ0n) is 12.7. The van der Waals surface area contributed by atoms with Crippen molar-refractivity contribution < 1.29 is 4.79 Å². The molecule has 2 aromatic carbocycles. The first-order valence-corrected chi connectivity index (χ1v) is 7.90. The van der Waals surface area contributed by atoms with Crippen LogP contribution in [0.2, 0.25) is 10.0 Å². The van der Waals surface area contributed by atoms with Crippen LogP contribution in [0.25, 0.3) is 10.9 Å². The molecular weight excluding hydrogens is 349 g/mol. The summed E-state index contributed by atoms with van der Waals surface area (Å²) in [4.78, 5) is 28.8. The molecule has 1 heterocycles. The van der Waals surface area contributed by atoms with E-state index in [-0.39, 0.29) is 18.0 Å². The predicted octanol–water partition coefficient (Wildman–Crippen LogP) is 3.65. The molecule has 0 bridgehead atoms. The lowest BCUT2D eigenvalue weighted by Crippen LogP contribution is -2.27. The zero-order valence-corrected chi connectivity index (χ0v) is 14.2. The van der Waals surface area contributed by atoms with Gasteiger partial charge in [0.05, 0.1) is 17.2 Å². The zero-order chi connectivity index (χ0) is 17.3. The van der Waals surface area contributed by atoms with Crippen LogP contribution in [0.3, 0.4) is 0 Å². The third-order valence-corrected chi connectivity index (χ3v) is 4.20. The van der Waals surface area contributed by atoms with Crippen LogP contribution in [0.5, 0.6) is 0 Å². The molecule has 0 atom stereocenters. The van der Waals surface area contributed by atoms with E-state index in [1.165, 1.54) is 10.9 Å². The van der Waals surface area contributed by atoms with Crippen molar-refractivity contribution in [2.45, 2.75) is 13.5 Å². The largest absolute Gasteiger partial charge is 0.324 e. The van der Waals surface area contributed by atoms with Gasteiger partial charge in [-0.05, 0) is 42.8 Å². The first-order valence-electron chi connectivity index (χ1n) is 7.15. The highest BCUT2D eigenvalue weighted by molar-refractivity contribution is 6.31. The second-order valence-electron chi connectivity index (χ2n) is 5.35. The van der Waals surface area contributed by atoms with Crippen molar-refractivity contribution in [1.82, 2.24) is 9.55 Å². The Morgan fingerprint density at radius 3 is 2.75 bits per heavy atom. The molecule has 0 aliphatic carbocycles. The van der Waals surface area contributed by atoms with E-state index in [1.807, 2.05) is 13.0 Å². The molecule has 0 aliphatic rings. The topological polar surface area (TPSA) is 64.0 Å². The van der Waals surface area contributed by atoms with Crippen molar-refractivity contribution in [3.05, 3.63) is 68.7 Å². The number of aromatic nitrogens is 2. The first-order chi connectivity index (χ1) is 11.4. The Bertz CT molecular complexity index is 999. The molecule has 0 fully saturated rings. The molecule has 7 heteroatoms. The molecule has 0 unspecified atom stereocenters. The van der Waals surface area contributed by atoms with Gasteiger partial charge < -0.3 is 5.32 Å². The fourth-order valence-corrected chi connectivity index (χ4v) is 2.62. The van der Waals surface area contributed by atoms with Crippen molar-refractivity contribution in [3.63, 3.8) is 0 Å². The Kier molecular flexibility index (Phi) is 4.55. The van der Waals surface area contributed by atoms with E-state index in [0.29, 0.717) is 26.6 Å². The number of hydrogen-bond donors (Lipinski definition) is 1. The van der Waals surface area contributed by atoms with Crippen LogP contribution in [-0.4, -0.2) is 15.5 Å². The number of benzene rings is 2. The number of nitrogens with zero attached hydrogens (tertiary/aromatic N) is 2. The number of anilines is 1. The van der Waals surface area contributed by atoms with Gasteiger partial charge in [-0.2, -0.15) is 0 Å². The summed E-state index contributed by atoms with van der Waals surface area (Å²) < 4.78 is 1.24. The van der Waals surface area contributed by atoms with Crippen molar-refractivity contribution in [2.75, 3.05) is 5.32 Å². The van der Waals surface area contributed by atoms with Gasteiger partial charge in [0.15, 0.2) is 0 Å². The number of carbonyl (C=O) groups excluding carboxylic acids is 1. The number of hydrogen-bond acceptors (Lipinski definition) is 3. The van der Waals surface area contributed by atoms with Crippen molar-refractivity contribution >= 4 is 45.7 Å². The standard InChI is InChI=1S/C17H13Cl2N3O2/c1-10-2-4-12(7-14(10)19)21-16(23)8-22-9-20-15-5-3-11(18)6-13(15)17(22)24/h2-7,9H,8H2,1H3,(H,21,23). The highest BCUT2D eigenvalue weighted by atomic mass is 35.5. The van der Waals surface area contributed by atoms with Gasteiger partial charge in [0, 0.05) is 15.7 Å². The third kappa shape index (κ3) is 3.42. The van der Waals surface area contributed by atoms with Gasteiger partial charge in [-0.25, -0.2) is 4.98 Å². The lowest BCUT2D eigenvalue weighted by Gasteiger charge is -2.09. The SMILES string of the molecule is Cc1ccc(NC(=O)Cn2cnc3ccc(Cl)cc3c2=O)cc1Cl. The van der Waals surface area contributed by atoms with E-state index in [9.17, 15) is 9.59 Å². The molecule has 1 aromatic heterocycles. The Hall–Kier alpha value is -2.37. The van der Waals surface area contributed by atoms with Gasteiger partial charge in [-0.15, -0.1) is 0 Å². The summed E-state index contributed by atoms with van der Waals surface area (Å²) in [6, 6.07) is 10.1. The molecule has 5 nitrogen and oxygen atoms in total. The molecule has 0 saturated carbocycles. The molecule has 0 spiro atoms. The minimum absolute atomic E-state index is 0.153. The highest BCUT2D eigenvalue weighted by Crippen LogP contribution is 2.20. The molecule has 3 rings (SSSR count). The molecule has 0 aliphatic heterocycles. The summed E-state index contributed by atoms with van der Waals surface area (Å²) in [5.74, 6) is -0.347. The highest BCUT2D eigenvalue weighted by Gasteiger charge is 2.09. The van der Waals surface area contributed by atoms with Gasteiger partial charge >= 0.3 is 0 Å². The maximum Gasteiger partial charge on any atom is 0.261 e. The van der Waals surface area contributed by atoms with Crippen molar-refractivity contribution in [1.29, 1.82) is 0 Å². The lowest BCUT2D eigenvalue weighted by molar-refractivity contribution is -0.116. The summed E-state index contributed by atoms with van der Waals surface area (Å²) in [6.07, 6.45) is 1.35. The fourth-order valence-electron chi connectivity index (χ4n) is 2.27. The van der Waals surface area contributed by atoms with Crippen LogP contribution < -0.4 is 10.9 Å². The van der Waals surface area contributed by atoms with E-state index in [1.54, 1.807) is 30.3 Å². The van der Waals surface area contributed by atoms with Gasteiger partial charge in [0.25, 0.3) is 5.56 Å². The van der Waals surface area contributed by atoms with E-state index in [2.05, 4.69) is 10.3 Å². The van der Waals surface area contributed by atoms with E-state index in [4.69, 9.17) is 23.2 Å². The Labute approximate surface area is 147 Å². The smallest absolute Gasteiger partial charge is 0.261 e. The van der Waals surface area contributed by atoms with Gasteiger partial charge in [0.1, 0.15) is 6.54 Å². The van der Waals surface area contributed by atoms with E-state index >= 15 is 0 Å². The number of nitrogens with one attached hydrogen (secondary N) is 1. The molecule has 1 amide bonds. The number of carbonyl (C=O) groups is 1. The molecule has 0 radical (unpaired) electrons. The number of rotatable bonds is 3. The van der Waals surface area contributed by atoms with E-state index in [0.717, 1.165) is 5.56 Å². The Balaban J connectivity index is 1.84. The van der Waals surface area contributed by atoms with Crippen LogP contribution in [0.1, 0.15) is 5.56 Å². The molecule has 0 saturated heterocycles. The average Bonchev–Trinajstić information content (AvgIpc) is 2.54. The van der Waals surface area contributed by atoms with Gasteiger partial charge in [-0.1, -0.05) is 29.3 Å². The molecule has 122 valence electrons. The van der Waals surface area contributed by atoms with E-state index < -0.39 is 0 Å². The third-order valence-electron chi connectivity index (χ3n) is 3.56. The Morgan fingerprint density at radius 1 is 1.21 bits per heavy atom. The number of aryl methyl sites for hydroxylation is 1. The monoisotopic (exact) mass is 361 g/mol. The second kappa shape index (κ2) is 6.63. The van der Waals surface area contributed by atoms with Crippen LogP contribution in [0.4, 0.5) is 5.69 Å². The normalized spacial score (nSPS) is 10.8. The number of amides is 1. The lowest BCUT2D eigenvalue weighted by atomic mass is 10.2. The summed E-state index contributed by atoms with van der Waals surface area (Å²) in [7, 11) is 0. The quantitative estimate of drug-likeness (QED) is 0.774. The van der Waals surface area contributed by atoms with Gasteiger partial charge in [-0.3, -0.25) is 14.2 Å². The average molecular weight is 362 g/mol.